The van der Waals surface area contributed by atoms with Crippen LogP contribution in [0, 0.1) is 50.2 Å². The van der Waals surface area contributed by atoms with Gasteiger partial charge < -0.3 is 94.4 Å². The topological polar surface area (TPSA) is 342 Å². The molecule has 8 rings (SSSR count). The summed E-state index contributed by atoms with van der Waals surface area (Å²) in [4.78, 5) is 26.2. The molecule has 0 aromatic rings. The molecule has 8 aliphatic rings. The first-order chi connectivity index (χ1) is 34.0. The Kier molecular flexibility index (Phi) is 15.7. The molecule has 0 aromatic heterocycles. The maximum Gasteiger partial charge on any atom is 0.335 e. The van der Waals surface area contributed by atoms with Crippen LogP contribution in [-0.4, -0.2) is 203 Å². The van der Waals surface area contributed by atoms with Crippen LogP contribution in [0.25, 0.3) is 0 Å². The van der Waals surface area contributed by atoms with Crippen LogP contribution in [0.15, 0.2) is 23.3 Å². The number of aliphatic carboxylic acids is 1. The first-order valence-corrected chi connectivity index (χ1v) is 26.0. The van der Waals surface area contributed by atoms with Crippen molar-refractivity contribution >= 4 is 11.9 Å². The van der Waals surface area contributed by atoms with Crippen LogP contribution in [0.5, 0.6) is 0 Å². The minimum atomic E-state index is -2.10. The Morgan fingerprint density at radius 3 is 2.01 bits per heavy atom. The summed E-state index contributed by atoms with van der Waals surface area (Å²) in [5.74, 6) is -2.76. The van der Waals surface area contributed by atoms with Crippen molar-refractivity contribution in [3.63, 3.8) is 0 Å². The predicted octanol–water partition coefficient (Wildman–Crippen LogP) is -0.225. The molecule has 4 saturated carbocycles. The number of ether oxygens (including phenoxy) is 7. The number of carbonyl (C=O) groups excluding carboxylic acids is 1. The molecular weight excluding hydrogens is 961 g/mol. The van der Waals surface area contributed by atoms with E-state index in [0.29, 0.717) is 50.5 Å². The SMILES string of the molecule is CC=C(C)C(=O)OC1CC(C)(C)CC2C3=CCC4C5(C)CCC(OC6OC(C(=O)O)C(O)C(OC7OCC(O)C(O)C7O)C6OC6OC(CO)C(O)C(O)C6O)C(C)(C)C5CCC4(C)C3(C)C(O)C(O)C12CO. The summed E-state index contributed by atoms with van der Waals surface area (Å²) in [6, 6.07) is 0. The predicted molar refractivity (Wildman–Crippen MR) is 252 cm³/mol. The highest BCUT2D eigenvalue weighted by molar-refractivity contribution is 5.87. The Balaban J connectivity index is 1.12. The van der Waals surface area contributed by atoms with Crippen LogP contribution < -0.4 is 0 Å². The number of carboxylic acid groups (broad SMARTS) is 1. The van der Waals surface area contributed by atoms with Crippen molar-refractivity contribution in [2.45, 2.75) is 218 Å². The van der Waals surface area contributed by atoms with Crippen molar-refractivity contribution in [1.82, 2.24) is 0 Å². The number of fused-ring (bicyclic) bond motifs is 7. The van der Waals surface area contributed by atoms with Gasteiger partial charge in [0.15, 0.2) is 25.0 Å². The molecule has 3 saturated heterocycles. The molecule has 3 heterocycles. The van der Waals surface area contributed by atoms with Gasteiger partial charge in [0.1, 0.15) is 67.1 Å². The molecule has 12 N–H and O–H groups in total. The van der Waals surface area contributed by atoms with Gasteiger partial charge in [-0.15, -0.1) is 0 Å². The average Bonchev–Trinajstić information content (AvgIpc) is 3.33. The lowest BCUT2D eigenvalue weighted by Crippen LogP contribution is -2.74. The average molecular weight is 1040 g/mol. The second-order valence-corrected chi connectivity index (χ2v) is 24.7. The van der Waals surface area contributed by atoms with E-state index in [4.69, 9.17) is 33.2 Å². The second-order valence-electron chi connectivity index (χ2n) is 24.7. The van der Waals surface area contributed by atoms with Gasteiger partial charge in [-0.1, -0.05) is 66.2 Å². The lowest BCUT2D eigenvalue weighted by atomic mass is 9.32. The molecule has 416 valence electrons. The number of hydrogen-bond donors (Lipinski definition) is 12. The van der Waals surface area contributed by atoms with Gasteiger partial charge >= 0.3 is 11.9 Å². The number of hydrogen-bond acceptors (Lipinski definition) is 20. The van der Waals surface area contributed by atoms with Crippen molar-refractivity contribution in [2.24, 2.45) is 50.2 Å². The molecular formula is C52H82O21. The number of carbonyl (C=O) groups is 2. The molecule has 3 aliphatic heterocycles. The summed E-state index contributed by atoms with van der Waals surface area (Å²) in [5.41, 5.74) is -3.15. The second kappa shape index (κ2) is 20.2. The molecule has 21 heteroatoms. The summed E-state index contributed by atoms with van der Waals surface area (Å²) in [6.45, 7) is 16.3. The number of rotatable bonds is 11. The Hall–Kier alpha value is -2.26. The first kappa shape index (κ1) is 56.9. The molecule has 0 radical (unpaired) electrons. The first-order valence-electron chi connectivity index (χ1n) is 26.0. The van der Waals surface area contributed by atoms with Gasteiger partial charge in [0, 0.05) is 11.0 Å². The fourth-order valence-corrected chi connectivity index (χ4v) is 15.7. The van der Waals surface area contributed by atoms with E-state index in [2.05, 4.69) is 33.8 Å². The highest BCUT2D eigenvalue weighted by atomic mass is 16.8. The fourth-order valence-electron chi connectivity index (χ4n) is 15.7. The lowest BCUT2D eigenvalue weighted by Gasteiger charge is -2.73. The zero-order valence-corrected chi connectivity index (χ0v) is 43.4. The van der Waals surface area contributed by atoms with Crippen molar-refractivity contribution in [2.75, 3.05) is 19.8 Å². The van der Waals surface area contributed by atoms with Gasteiger partial charge in [-0.05, 0) is 98.2 Å². The monoisotopic (exact) mass is 1040 g/mol. The van der Waals surface area contributed by atoms with Crippen LogP contribution in [0.1, 0.15) is 107 Å². The molecule has 0 amide bonds. The summed E-state index contributed by atoms with van der Waals surface area (Å²) >= 11 is 0. The molecule has 0 spiro atoms. The van der Waals surface area contributed by atoms with Crippen LogP contribution in [0.2, 0.25) is 0 Å². The molecule has 21 nitrogen and oxygen atoms in total. The van der Waals surface area contributed by atoms with Crippen molar-refractivity contribution in [3.05, 3.63) is 23.3 Å². The number of aliphatic hydroxyl groups is 11. The molecule has 0 bridgehead atoms. The van der Waals surface area contributed by atoms with E-state index >= 15 is 0 Å². The maximum absolute atomic E-state index is 13.4. The van der Waals surface area contributed by atoms with E-state index in [9.17, 15) is 70.9 Å². The van der Waals surface area contributed by atoms with Crippen molar-refractivity contribution in [3.8, 4) is 0 Å². The van der Waals surface area contributed by atoms with Gasteiger partial charge in [0.2, 0.25) is 0 Å². The zero-order chi connectivity index (χ0) is 53.9. The third-order valence-corrected chi connectivity index (χ3v) is 20.1. The quantitative estimate of drug-likeness (QED) is 0.0551. The van der Waals surface area contributed by atoms with Gasteiger partial charge in [0.25, 0.3) is 0 Å². The van der Waals surface area contributed by atoms with E-state index < -0.39 is 175 Å². The minimum absolute atomic E-state index is 0.0629. The third kappa shape index (κ3) is 8.89. The Morgan fingerprint density at radius 1 is 0.726 bits per heavy atom. The minimum Gasteiger partial charge on any atom is -0.479 e. The summed E-state index contributed by atoms with van der Waals surface area (Å²) < 4.78 is 42.5. The van der Waals surface area contributed by atoms with Crippen molar-refractivity contribution in [1.29, 1.82) is 0 Å². The number of esters is 1. The largest absolute Gasteiger partial charge is 0.479 e. The maximum atomic E-state index is 13.4. The molecule has 25 atom stereocenters. The smallest absolute Gasteiger partial charge is 0.335 e. The Labute approximate surface area is 426 Å². The van der Waals surface area contributed by atoms with Crippen LogP contribution in [0.4, 0.5) is 0 Å². The molecule has 73 heavy (non-hydrogen) atoms. The van der Waals surface area contributed by atoms with Crippen molar-refractivity contribution < 1.29 is 104 Å². The van der Waals surface area contributed by atoms with E-state index in [1.165, 1.54) is 0 Å². The molecule has 0 aromatic carbocycles. The van der Waals surface area contributed by atoms with E-state index in [0.717, 1.165) is 5.57 Å². The van der Waals surface area contributed by atoms with Gasteiger partial charge in [-0.2, -0.15) is 0 Å². The summed E-state index contributed by atoms with van der Waals surface area (Å²) in [7, 11) is 0. The number of allylic oxidation sites excluding steroid dienone is 2. The van der Waals surface area contributed by atoms with E-state index in [-0.39, 0.29) is 17.3 Å². The van der Waals surface area contributed by atoms with Gasteiger partial charge in [-0.3, -0.25) is 0 Å². The summed E-state index contributed by atoms with van der Waals surface area (Å²) in [6.07, 6.45) is -22.3. The Morgan fingerprint density at radius 2 is 1.38 bits per heavy atom. The fraction of sp³-hybridized carbons (Fsp3) is 0.885. The normalized spacial score (nSPS) is 51.6. The highest BCUT2D eigenvalue weighted by Gasteiger charge is 2.75. The van der Waals surface area contributed by atoms with Crippen LogP contribution in [0.3, 0.4) is 0 Å². The van der Waals surface area contributed by atoms with Gasteiger partial charge in [0.05, 0.1) is 43.5 Å². The van der Waals surface area contributed by atoms with E-state index in [1.807, 2.05) is 20.8 Å². The van der Waals surface area contributed by atoms with Crippen LogP contribution in [-0.2, 0) is 42.7 Å². The standard InChI is InChI=1S/C52H82O21/c1-10-22(2)43(66)69-30-18-47(3,4)17-24-23-11-12-28-49(7)15-14-29(48(5,6)27(49)13-16-50(28,8)51(23,9)40(62)41(63)52(24,30)21-54)70-46-39(73-45-35(60)33(58)32(57)26(19-53)68-45)37(36(61)38(72-46)42(64)65)71-44-34(59)31(56)25(55)20-67-44/h10-11,24-41,44-46,53-63H,12-21H2,1-9H3,(H,64,65). The molecule has 5 aliphatic carbocycles. The van der Waals surface area contributed by atoms with Gasteiger partial charge in [-0.25, -0.2) is 9.59 Å². The Bertz CT molecular complexity index is 2100. The molecule has 7 fully saturated rings. The lowest BCUT2D eigenvalue weighted by molar-refractivity contribution is -0.392. The highest BCUT2D eigenvalue weighted by Crippen LogP contribution is 2.76. The zero-order valence-electron chi connectivity index (χ0n) is 43.4. The number of aliphatic hydroxyl groups excluding tert-OH is 11. The molecule has 25 unspecified atom stereocenters. The van der Waals surface area contributed by atoms with E-state index in [1.54, 1.807) is 19.9 Å². The summed E-state index contributed by atoms with van der Waals surface area (Å²) in [5, 5.41) is 133. The van der Waals surface area contributed by atoms with Crippen LogP contribution >= 0.6 is 0 Å². The number of carboxylic acids is 1. The third-order valence-electron chi connectivity index (χ3n) is 20.1.